The molecule has 2 aromatic carbocycles. The van der Waals surface area contributed by atoms with Gasteiger partial charge in [0.2, 0.25) is 0 Å². The first-order valence-electron chi connectivity index (χ1n) is 7.68. The lowest BCUT2D eigenvalue weighted by Crippen LogP contribution is -2.16. The van der Waals surface area contributed by atoms with Crippen LogP contribution in [0.25, 0.3) is 0 Å². The van der Waals surface area contributed by atoms with Gasteiger partial charge in [0, 0.05) is 5.92 Å². The van der Waals surface area contributed by atoms with Gasteiger partial charge in [-0.15, -0.1) is 0 Å². The van der Waals surface area contributed by atoms with Crippen LogP contribution in [0.5, 0.6) is 17.2 Å². The average molecular weight is 315 g/mol. The van der Waals surface area contributed by atoms with Crippen molar-refractivity contribution in [2.24, 2.45) is 5.73 Å². The molecule has 4 nitrogen and oxygen atoms in total. The number of methoxy groups -OCH3 is 3. The molecule has 0 aromatic heterocycles. The summed E-state index contributed by atoms with van der Waals surface area (Å²) in [4.78, 5) is 0. The van der Waals surface area contributed by atoms with E-state index in [0.29, 0.717) is 6.54 Å². The third kappa shape index (κ3) is 3.96. The van der Waals surface area contributed by atoms with E-state index in [1.807, 2.05) is 24.3 Å². The van der Waals surface area contributed by atoms with E-state index in [4.69, 9.17) is 19.9 Å². The molecule has 0 amide bonds. The number of aryl methyl sites for hydroxylation is 1. The number of nitrogens with two attached hydrogens (primary N) is 1. The SMILES string of the molecule is COc1ccc(C(CN)Cc2ccc(OC)c(OC)c2)c(C)c1. The molecule has 0 aliphatic rings. The Morgan fingerprint density at radius 1 is 0.913 bits per heavy atom. The Labute approximate surface area is 138 Å². The fourth-order valence-electron chi connectivity index (χ4n) is 2.85. The van der Waals surface area contributed by atoms with Crippen LogP contribution in [0.3, 0.4) is 0 Å². The maximum absolute atomic E-state index is 6.03. The van der Waals surface area contributed by atoms with Gasteiger partial charge in [0.1, 0.15) is 5.75 Å². The van der Waals surface area contributed by atoms with Crippen molar-refractivity contribution in [2.75, 3.05) is 27.9 Å². The maximum atomic E-state index is 6.03. The van der Waals surface area contributed by atoms with Crippen LogP contribution in [-0.2, 0) is 6.42 Å². The highest BCUT2D eigenvalue weighted by molar-refractivity contribution is 5.44. The second kappa shape index (κ2) is 7.88. The summed E-state index contributed by atoms with van der Waals surface area (Å²) >= 11 is 0. The molecule has 1 atom stereocenters. The second-order valence-corrected chi connectivity index (χ2v) is 5.55. The topological polar surface area (TPSA) is 53.7 Å². The molecular formula is C19H25NO3. The number of benzene rings is 2. The minimum Gasteiger partial charge on any atom is -0.497 e. The smallest absolute Gasteiger partial charge is 0.160 e. The lowest BCUT2D eigenvalue weighted by Gasteiger charge is -2.19. The van der Waals surface area contributed by atoms with Crippen molar-refractivity contribution in [3.05, 3.63) is 53.1 Å². The Morgan fingerprint density at radius 2 is 1.65 bits per heavy atom. The van der Waals surface area contributed by atoms with Gasteiger partial charge in [0.05, 0.1) is 21.3 Å². The van der Waals surface area contributed by atoms with Crippen molar-refractivity contribution >= 4 is 0 Å². The van der Waals surface area contributed by atoms with Gasteiger partial charge >= 0.3 is 0 Å². The molecule has 0 saturated carbocycles. The molecule has 4 heteroatoms. The zero-order valence-corrected chi connectivity index (χ0v) is 14.3. The van der Waals surface area contributed by atoms with Crippen molar-refractivity contribution in [1.29, 1.82) is 0 Å². The maximum Gasteiger partial charge on any atom is 0.160 e. The summed E-state index contributed by atoms with van der Waals surface area (Å²) in [5.41, 5.74) is 9.65. The highest BCUT2D eigenvalue weighted by Crippen LogP contribution is 2.31. The normalized spacial score (nSPS) is 11.9. The van der Waals surface area contributed by atoms with Crippen molar-refractivity contribution in [3.63, 3.8) is 0 Å². The zero-order valence-electron chi connectivity index (χ0n) is 14.3. The molecular weight excluding hydrogens is 290 g/mol. The van der Waals surface area contributed by atoms with Crippen LogP contribution in [0.1, 0.15) is 22.6 Å². The summed E-state index contributed by atoms with van der Waals surface area (Å²) in [6, 6.07) is 12.1. The molecule has 0 aliphatic heterocycles. The van der Waals surface area contributed by atoms with Crippen molar-refractivity contribution in [3.8, 4) is 17.2 Å². The molecule has 0 aliphatic carbocycles. The van der Waals surface area contributed by atoms with Crippen molar-refractivity contribution < 1.29 is 14.2 Å². The lowest BCUT2D eigenvalue weighted by molar-refractivity contribution is 0.354. The average Bonchev–Trinajstić information content (AvgIpc) is 2.59. The summed E-state index contributed by atoms with van der Waals surface area (Å²) < 4.78 is 15.9. The molecule has 0 bridgehead atoms. The highest BCUT2D eigenvalue weighted by atomic mass is 16.5. The molecule has 2 N–H and O–H groups in total. The number of hydrogen-bond donors (Lipinski definition) is 1. The van der Waals surface area contributed by atoms with E-state index in [2.05, 4.69) is 19.1 Å². The van der Waals surface area contributed by atoms with Crippen LogP contribution < -0.4 is 19.9 Å². The lowest BCUT2D eigenvalue weighted by atomic mass is 9.89. The Balaban J connectivity index is 2.26. The van der Waals surface area contributed by atoms with Gasteiger partial charge in [0.25, 0.3) is 0 Å². The van der Waals surface area contributed by atoms with Crippen LogP contribution in [0.2, 0.25) is 0 Å². The Hall–Kier alpha value is -2.20. The molecule has 0 radical (unpaired) electrons. The summed E-state index contributed by atoms with van der Waals surface area (Å²) in [5.74, 6) is 2.60. The van der Waals surface area contributed by atoms with Gasteiger partial charge in [-0.25, -0.2) is 0 Å². The molecule has 23 heavy (non-hydrogen) atoms. The van der Waals surface area contributed by atoms with Crippen molar-refractivity contribution in [1.82, 2.24) is 0 Å². The zero-order chi connectivity index (χ0) is 16.8. The second-order valence-electron chi connectivity index (χ2n) is 5.55. The quantitative estimate of drug-likeness (QED) is 0.852. The van der Waals surface area contributed by atoms with E-state index in [0.717, 1.165) is 23.7 Å². The van der Waals surface area contributed by atoms with Crippen LogP contribution in [0.4, 0.5) is 0 Å². The minimum atomic E-state index is 0.249. The van der Waals surface area contributed by atoms with E-state index in [9.17, 15) is 0 Å². The largest absolute Gasteiger partial charge is 0.497 e. The van der Waals surface area contributed by atoms with Gasteiger partial charge in [-0.05, 0) is 60.8 Å². The first-order valence-corrected chi connectivity index (χ1v) is 7.68. The molecule has 0 fully saturated rings. The van der Waals surface area contributed by atoms with Gasteiger partial charge in [-0.2, -0.15) is 0 Å². The van der Waals surface area contributed by atoms with E-state index in [-0.39, 0.29) is 5.92 Å². The molecule has 2 aromatic rings. The van der Waals surface area contributed by atoms with Gasteiger partial charge < -0.3 is 19.9 Å². The van der Waals surface area contributed by atoms with E-state index >= 15 is 0 Å². The molecule has 1 unspecified atom stereocenters. The molecule has 124 valence electrons. The number of ether oxygens (including phenoxy) is 3. The summed E-state index contributed by atoms with van der Waals surface area (Å²) in [6.07, 6.45) is 0.851. The summed E-state index contributed by atoms with van der Waals surface area (Å²) in [7, 11) is 4.97. The minimum absolute atomic E-state index is 0.249. The number of rotatable bonds is 7. The Kier molecular flexibility index (Phi) is 5.88. The van der Waals surface area contributed by atoms with Gasteiger partial charge in [-0.3, -0.25) is 0 Å². The molecule has 0 heterocycles. The third-order valence-electron chi connectivity index (χ3n) is 4.13. The fraction of sp³-hybridized carbons (Fsp3) is 0.368. The first-order chi connectivity index (χ1) is 11.1. The Morgan fingerprint density at radius 3 is 2.22 bits per heavy atom. The van der Waals surface area contributed by atoms with Gasteiger partial charge in [-0.1, -0.05) is 12.1 Å². The van der Waals surface area contributed by atoms with E-state index < -0.39 is 0 Å². The molecule has 0 spiro atoms. The van der Waals surface area contributed by atoms with E-state index in [1.54, 1.807) is 21.3 Å². The first kappa shape index (κ1) is 17.2. The van der Waals surface area contributed by atoms with E-state index in [1.165, 1.54) is 16.7 Å². The fourth-order valence-corrected chi connectivity index (χ4v) is 2.85. The Bertz CT molecular complexity index is 655. The summed E-state index contributed by atoms with van der Waals surface area (Å²) in [6.45, 7) is 2.68. The third-order valence-corrected chi connectivity index (χ3v) is 4.13. The van der Waals surface area contributed by atoms with Crippen LogP contribution in [-0.4, -0.2) is 27.9 Å². The van der Waals surface area contributed by atoms with Crippen molar-refractivity contribution in [2.45, 2.75) is 19.3 Å². The standard InChI is InChI=1S/C19H25NO3/c1-13-9-16(21-2)6-7-17(13)15(12-20)10-14-5-8-18(22-3)19(11-14)23-4/h5-9,11,15H,10,12,20H2,1-4H3. The predicted molar refractivity (Wildman–Crippen MR) is 92.8 cm³/mol. The van der Waals surface area contributed by atoms with Crippen LogP contribution >= 0.6 is 0 Å². The number of hydrogen-bond acceptors (Lipinski definition) is 4. The molecule has 0 saturated heterocycles. The highest BCUT2D eigenvalue weighted by Gasteiger charge is 2.15. The van der Waals surface area contributed by atoms with Crippen LogP contribution in [0.15, 0.2) is 36.4 Å². The summed E-state index contributed by atoms with van der Waals surface area (Å²) in [5, 5.41) is 0. The monoisotopic (exact) mass is 315 g/mol. The molecule has 2 rings (SSSR count). The van der Waals surface area contributed by atoms with Gasteiger partial charge in [0.15, 0.2) is 11.5 Å². The van der Waals surface area contributed by atoms with Crippen LogP contribution in [0, 0.1) is 6.92 Å². The predicted octanol–water partition coefficient (Wildman–Crippen LogP) is 3.31.